The van der Waals surface area contributed by atoms with Crippen molar-refractivity contribution in [2.75, 3.05) is 19.6 Å². The van der Waals surface area contributed by atoms with Crippen LogP contribution in [0.15, 0.2) is 66.7 Å². The Hall–Kier alpha value is -2.51. The second-order valence-corrected chi connectivity index (χ2v) is 10.0. The van der Waals surface area contributed by atoms with Crippen LogP contribution in [0.4, 0.5) is 8.78 Å². The van der Waals surface area contributed by atoms with Crippen molar-refractivity contribution in [3.8, 4) is 0 Å². The number of halogens is 4. The molecular weight excluding hydrogens is 505 g/mol. The number of likely N-dealkylation sites (tertiary alicyclic amines) is 1. The molecule has 1 fully saturated rings. The van der Waals surface area contributed by atoms with E-state index in [1.165, 1.54) is 12.1 Å². The molecule has 1 unspecified atom stereocenters. The second kappa shape index (κ2) is 11.3. The molecule has 2 atom stereocenters. The summed E-state index contributed by atoms with van der Waals surface area (Å²) in [7, 11) is 0. The normalized spacial score (nSPS) is 17.2. The first-order valence-electron chi connectivity index (χ1n) is 11.9. The van der Waals surface area contributed by atoms with Crippen molar-refractivity contribution >= 4 is 29.1 Å². The van der Waals surface area contributed by atoms with E-state index in [4.69, 9.17) is 23.2 Å². The molecule has 1 amide bonds. The summed E-state index contributed by atoms with van der Waals surface area (Å²) in [6.45, 7) is 3.21. The molecule has 0 radical (unpaired) electrons. The Morgan fingerprint density at radius 2 is 1.64 bits per heavy atom. The number of nitrogens with one attached hydrogen (secondary N) is 1. The average molecular weight is 533 g/mol. The molecule has 190 valence electrons. The predicted molar refractivity (Wildman–Crippen MR) is 138 cm³/mol. The molecule has 4 nitrogen and oxygen atoms in total. The van der Waals surface area contributed by atoms with Gasteiger partial charge in [0.1, 0.15) is 11.6 Å². The fourth-order valence-electron chi connectivity index (χ4n) is 4.99. The lowest BCUT2D eigenvalue weighted by atomic mass is 9.71. The highest BCUT2D eigenvalue weighted by molar-refractivity contribution is 6.30. The molecule has 1 aliphatic heterocycles. The van der Waals surface area contributed by atoms with Crippen LogP contribution >= 0.6 is 23.2 Å². The van der Waals surface area contributed by atoms with Crippen LogP contribution in [0.2, 0.25) is 10.0 Å². The van der Waals surface area contributed by atoms with E-state index in [-0.39, 0.29) is 18.0 Å². The van der Waals surface area contributed by atoms with Gasteiger partial charge in [-0.05, 0) is 54.3 Å². The number of β-amino-alcohol motifs (C(OH)–C–C–N with tert-alkyl or cyclic N) is 1. The Morgan fingerprint density at radius 3 is 2.11 bits per heavy atom. The number of nitrogens with zero attached hydrogens (tertiary/aromatic N) is 1. The molecule has 8 heteroatoms. The number of hydrogen-bond acceptors (Lipinski definition) is 3. The summed E-state index contributed by atoms with van der Waals surface area (Å²) < 4.78 is 28.6. The summed E-state index contributed by atoms with van der Waals surface area (Å²) in [5, 5.41) is 14.1. The number of carbonyl (C=O) groups is 1. The predicted octanol–water partition coefficient (Wildman–Crippen LogP) is 5.89. The number of aliphatic hydroxyl groups excluding tert-OH is 1. The van der Waals surface area contributed by atoms with Crippen LogP contribution in [0.1, 0.15) is 42.5 Å². The standard InChI is InChI=1S/C28H28Cl2F2N2O2/c1-2-28(18-3-7-20(29)8-4-18,19-5-9-21(30)10-6-19)27(36)33-26(17-34-14-13-23(35)16-34)24-12-11-22(31)15-25(24)32/h3-12,15,23,26,35H,2,13-14,16-17H2,1H3,(H,33,36)/t23?,26-/m1/s1. The maximum atomic E-state index is 14.9. The highest BCUT2D eigenvalue weighted by Gasteiger charge is 2.42. The van der Waals surface area contributed by atoms with Gasteiger partial charge >= 0.3 is 0 Å². The lowest BCUT2D eigenvalue weighted by Crippen LogP contribution is -2.48. The summed E-state index contributed by atoms with van der Waals surface area (Å²) in [6, 6.07) is 16.7. The zero-order valence-electron chi connectivity index (χ0n) is 19.9. The van der Waals surface area contributed by atoms with E-state index >= 15 is 0 Å². The molecule has 0 aliphatic carbocycles. The smallest absolute Gasteiger partial charge is 0.235 e. The van der Waals surface area contributed by atoms with Crippen molar-refractivity contribution < 1.29 is 18.7 Å². The van der Waals surface area contributed by atoms with Gasteiger partial charge in [-0.3, -0.25) is 9.69 Å². The van der Waals surface area contributed by atoms with Crippen LogP contribution < -0.4 is 5.32 Å². The van der Waals surface area contributed by atoms with Gasteiger partial charge in [0.05, 0.1) is 17.6 Å². The summed E-state index contributed by atoms with van der Waals surface area (Å²) in [5.41, 5.74) is 0.519. The third-order valence-corrected chi connectivity index (χ3v) is 7.43. The van der Waals surface area contributed by atoms with Gasteiger partial charge in [0, 0.05) is 41.3 Å². The van der Waals surface area contributed by atoms with Crippen LogP contribution in [-0.2, 0) is 10.2 Å². The van der Waals surface area contributed by atoms with E-state index in [1.807, 2.05) is 36.1 Å². The molecule has 36 heavy (non-hydrogen) atoms. The van der Waals surface area contributed by atoms with Crippen molar-refractivity contribution in [3.05, 3.63) is 105 Å². The number of aliphatic hydroxyl groups is 1. The molecule has 0 bridgehead atoms. The van der Waals surface area contributed by atoms with E-state index < -0.39 is 29.2 Å². The zero-order valence-corrected chi connectivity index (χ0v) is 21.4. The number of hydrogen-bond donors (Lipinski definition) is 2. The molecule has 4 rings (SSSR count). The van der Waals surface area contributed by atoms with Crippen LogP contribution in [0.3, 0.4) is 0 Å². The highest BCUT2D eigenvalue weighted by Crippen LogP contribution is 2.38. The maximum Gasteiger partial charge on any atom is 0.235 e. The molecule has 0 saturated carbocycles. The monoisotopic (exact) mass is 532 g/mol. The van der Waals surface area contributed by atoms with Crippen molar-refractivity contribution in [2.45, 2.75) is 37.3 Å². The van der Waals surface area contributed by atoms with Gasteiger partial charge in [0.2, 0.25) is 5.91 Å². The Balaban J connectivity index is 1.76. The van der Waals surface area contributed by atoms with Gasteiger partial charge in [-0.1, -0.05) is 60.5 Å². The molecule has 1 saturated heterocycles. The van der Waals surface area contributed by atoms with E-state index in [2.05, 4.69) is 5.32 Å². The Labute approximate surface area is 219 Å². The minimum Gasteiger partial charge on any atom is -0.392 e. The van der Waals surface area contributed by atoms with E-state index in [0.717, 1.165) is 17.2 Å². The first-order chi connectivity index (χ1) is 17.2. The van der Waals surface area contributed by atoms with Gasteiger partial charge in [-0.25, -0.2) is 8.78 Å². The SMILES string of the molecule is CCC(C(=O)N[C@H](CN1CCC(O)C1)c1ccc(F)cc1F)(c1ccc(Cl)cc1)c1ccc(Cl)cc1. The molecule has 1 aliphatic rings. The third kappa shape index (κ3) is 5.57. The van der Waals surface area contributed by atoms with E-state index in [9.17, 15) is 18.7 Å². The van der Waals surface area contributed by atoms with Crippen LogP contribution in [0.25, 0.3) is 0 Å². The summed E-state index contributed by atoms with van der Waals surface area (Å²) in [5.74, 6) is -1.76. The molecule has 2 N–H and O–H groups in total. The van der Waals surface area contributed by atoms with Gasteiger partial charge in [0.25, 0.3) is 0 Å². The highest BCUT2D eigenvalue weighted by atomic mass is 35.5. The first-order valence-corrected chi connectivity index (χ1v) is 12.7. The fourth-order valence-corrected chi connectivity index (χ4v) is 5.24. The molecule has 3 aromatic carbocycles. The van der Waals surface area contributed by atoms with Crippen molar-refractivity contribution in [2.24, 2.45) is 0 Å². The van der Waals surface area contributed by atoms with Crippen LogP contribution in [0.5, 0.6) is 0 Å². The summed E-state index contributed by atoms with van der Waals surface area (Å²) in [6.07, 6.45) is 0.529. The molecule has 3 aromatic rings. The Bertz CT molecular complexity index is 1160. The first kappa shape index (κ1) is 26.6. The largest absolute Gasteiger partial charge is 0.392 e. The average Bonchev–Trinajstić information content (AvgIpc) is 3.26. The van der Waals surface area contributed by atoms with Gasteiger partial charge in [-0.15, -0.1) is 0 Å². The van der Waals surface area contributed by atoms with Crippen molar-refractivity contribution in [3.63, 3.8) is 0 Å². The number of benzene rings is 3. The van der Waals surface area contributed by atoms with Crippen LogP contribution in [0, 0.1) is 11.6 Å². The molecular formula is C28H28Cl2F2N2O2. The fraction of sp³-hybridized carbons (Fsp3) is 0.321. The number of amides is 1. The van der Waals surface area contributed by atoms with Crippen molar-refractivity contribution in [1.82, 2.24) is 10.2 Å². The number of carbonyl (C=O) groups excluding carboxylic acids is 1. The van der Waals surface area contributed by atoms with Gasteiger partial charge < -0.3 is 10.4 Å². The molecule has 0 spiro atoms. The van der Waals surface area contributed by atoms with Crippen molar-refractivity contribution in [1.29, 1.82) is 0 Å². The van der Waals surface area contributed by atoms with Gasteiger partial charge in [0.15, 0.2) is 0 Å². The topological polar surface area (TPSA) is 52.6 Å². The number of rotatable bonds is 8. The maximum absolute atomic E-state index is 14.9. The van der Waals surface area contributed by atoms with Crippen LogP contribution in [-0.4, -0.2) is 41.7 Å². The third-order valence-electron chi connectivity index (χ3n) is 6.92. The molecule has 1 heterocycles. The Morgan fingerprint density at radius 1 is 1.06 bits per heavy atom. The quantitative estimate of drug-likeness (QED) is 0.380. The van der Waals surface area contributed by atoms with E-state index in [1.54, 1.807) is 24.3 Å². The summed E-state index contributed by atoms with van der Waals surface area (Å²) >= 11 is 12.3. The minimum absolute atomic E-state index is 0.184. The lowest BCUT2D eigenvalue weighted by Gasteiger charge is -2.35. The minimum atomic E-state index is -1.12. The molecule has 0 aromatic heterocycles. The summed E-state index contributed by atoms with van der Waals surface area (Å²) in [4.78, 5) is 16.2. The Kier molecular flexibility index (Phi) is 8.30. The lowest BCUT2D eigenvalue weighted by molar-refractivity contribution is -0.126. The zero-order chi connectivity index (χ0) is 25.9. The van der Waals surface area contributed by atoms with E-state index in [0.29, 0.717) is 36.0 Å². The van der Waals surface area contributed by atoms with Gasteiger partial charge in [-0.2, -0.15) is 0 Å². The second-order valence-electron chi connectivity index (χ2n) is 9.17.